The normalized spacial score (nSPS) is 10.5. The van der Waals surface area contributed by atoms with Crippen molar-refractivity contribution in [2.24, 2.45) is 7.05 Å². The molecular formula is C10H15N7O. The van der Waals surface area contributed by atoms with Crippen LogP contribution in [0.5, 0.6) is 0 Å². The number of nitrogen functional groups attached to an aromatic ring is 1. The molecule has 2 heterocycles. The van der Waals surface area contributed by atoms with Gasteiger partial charge < -0.3 is 11.1 Å². The number of hydrogen-bond donors (Lipinski definition) is 2. The van der Waals surface area contributed by atoms with Crippen LogP contribution in [0.2, 0.25) is 0 Å². The molecule has 96 valence electrons. The van der Waals surface area contributed by atoms with Crippen molar-refractivity contribution in [1.29, 1.82) is 0 Å². The lowest BCUT2D eigenvalue weighted by Gasteiger charge is -2.03. The largest absolute Gasteiger partial charge is 0.367 e. The van der Waals surface area contributed by atoms with E-state index < -0.39 is 0 Å². The highest BCUT2D eigenvalue weighted by atomic mass is 16.2. The first-order valence-corrected chi connectivity index (χ1v) is 5.53. The minimum absolute atomic E-state index is 0.117. The fraction of sp³-hybridized carbons (Fsp3) is 0.400. The zero-order chi connectivity index (χ0) is 13.0. The van der Waals surface area contributed by atoms with E-state index in [9.17, 15) is 4.79 Å². The van der Waals surface area contributed by atoms with Crippen LogP contribution in [-0.4, -0.2) is 37.0 Å². The highest BCUT2D eigenvalue weighted by Gasteiger charge is 2.04. The summed E-state index contributed by atoms with van der Waals surface area (Å²) in [7, 11) is 1.86. The van der Waals surface area contributed by atoms with Gasteiger partial charge in [0.2, 0.25) is 11.9 Å². The summed E-state index contributed by atoms with van der Waals surface area (Å²) < 4.78 is 3.13. The third-order valence-corrected chi connectivity index (χ3v) is 2.33. The first kappa shape index (κ1) is 12.1. The first-order valence-electron chi connectivity index (χ1n) is 5.53. The number of nitrogens with one attached hydrogen (secondary N) is 1. The van der Waals surface area contributed by atoms with Crippen LogP contribution in [0.3, 0.4) is 0 Å². The van der Waals surface area contributed by atoms with E-state index in [2.05, 4.69) is 20.5 Å². The maximum Gasteiger partial charge on any atom is 0.241 e. The summed E-state index contributed by atoms with van der Waals surface area (Å²) in [4.78, 5) is 15.3. The molecule has 2 aromatic rings. The topological polar surface area (TPSA) is 104 Å². The van der Waals surface area contributed by atoms with Gasteiger partial charge in [0.05, 0.1) is 5.69 Å². The zero-order valence-electron chi connectivity index (χ0n) is 10.1. The number of carbonyl (C=O) groups is 1. The van der Waals surface area contributed by atoms with Crippen LogP contribution in [0.15, 0.2) is 18.6 Å². The van der Waals surface area contributed by atoms with Crippen LogP contribution in [0.4, 0.5) is 5.95 Å². The van der Waals surface area contributed by atoms with Crippen molar-refractivity contribution in [3.05, 3.63) is 24.3 Å². The fourth-order valence-electron chi connectivity index (χ4n) is 1.51. The lowest BCUT2D eigenvalue weighted by Crippen LogP contribution is -2.29. The average Bonchev–Trinajstić information content (AvgIpc) is 2.88. The van der Waals surface area contributed by atoms with Crippen LogP contribution in [0.1, 0.15) is 5.69 Å². The van der Waals surface area contributed by atoms with Crippen molar-refractivity contribution in [3.8, 4) is 0 Å². The highest BCUT2D eigenvalue weighted by molar-refractivity contribution is 5.75. The van der Waals surface area contributed by atoms with Crippen LogP contribution in [0, 0.1) is 0 Å². The van der Waals surface area contributed by atoms with Gasteiger partial charge >= 0.3 is 0 Å². The Morgan fingerprint density at radius 2 is 2.33 bits per heavy atom. The average molecular weight is 249 g/mol. The number of aryl methyl sites for hydroxylation is 1. The second-order valence-corrected chi connectivity index (χ2v) is 3.88. The summed E-state index contributed by atoms with van der Waals surface area (Å²) >= 11 is 0. The maximum absolute atomic E-state index is 11.6. The van der Waals surface area contributed by atoms with E-state index in [1.54, 1.807) is 4.68 Å². The molecular weight excluding hydrogens is 234 g/mol. The van der Waals surface area contributed by atoms with Crippen molar-refractivity contribution in [2.75, 3.05) is 12.3 Å². The number of nitrogens with zero attached hydrogens (tertiary/aromatic N) is 5. The van der Waals surface area contributed by atoms with Gasteiger partial charge in [-0.05, 0) is 6.07 Å². The summed E-state index contributed by atoms with van der Waals surface area (Å²) in [6.07, 6.45) is 4.00. The highest BCUT2D eigenvalue weighted by Crippen LogP contribution is 1.94. The Balaban J connectivity index is 1.72. The van der Waals surface area contributed by atoms with Crippen molar-refractivity contribution in [2.45, 2.75) is 13.0 Å². The van der Waals surface area contributed by atoms with Gasteiger partial charge in [-0.2, -0.15) is 5.10 Å². The molecule has 0 fully saturated rings. The molecule has 0 saturated heterocycles. The van der Waals surface area contributed by atoms with E-state index in [1.165, 1.54) is 11.0 Å². The lowest BCUT2D eigenvalue weighted by molar-refractivity contribution is -0.121. The third-order valence-electron chi connectivity index (χ3n) is 2.33. The van der Waals surface area contributed by atoms with Crippen LogP contribution in [-0.2, 0) is 24.8 Å². The number of rotatable bonds is 5. The Morgan fingerprint density at radius 3 is 2.94 bits per heavy atom. The number of hydrogen-bond acceptors (Lipinski definition) is 5. The molecule has 0 aliphatic heterocycles. The predicted molar refractivity (Wildman–Crippen MR) is 64.4 cm³/mol. The Hall–Kier alpha value is -2.38. The number of anilines is 1. The third kappa shape index (κ3) is 3.30. The fourth-order valence-corrected chi connectivity index (χ4v) is 1.51. The molecule has 18 heavy (non-hydrogen) atoms. The molecule has 0 atom stereocenters. The standard InChI is InChI=1S/C10H15N7O/c1-16-5-3-8(14-16)2-4-12-9(18)6-17-7-13-10(11)15-17/h3,5,7H,2,4,6H2,1H3,(H2,11,15)(H,12,18). The lowest BCUT2D eigenvalue weighted by atomic mass is 10.3. The molecule has 0 aliphatic rings. The molecule has 0 bridgehead atoms. The van der Waals surface area contributed by atoms with Crippen molar-refractivity contribution in [3.63, 3.8) is 0 Å². The smallest absolute Gasteiger partial charge is 0.241 e. The van der Waals surface area contributed by atoms with Crippen molar-refractivity contribution < 1.29 is 4.79 Å². The van der Waals surface area contributed by atoms with Crippen LogP contribution in [0.25, 0.3) is 0 Å². The number of amides is 1. The molecule has 0 aliphatic carbocycles. The van der Waals surface area contributed by atoms with Gasteiger partial charge in [0, 0.05) is 26.2 Å². The molecule has 0 saturated carbocycles. The summed E-state index contributed by atoms with van der Waals surface area (Å²) in [5.74, 6) is 0.0344. The van der Waals surface area contributed by atoms with Gasteiger partial charge in [0.1, 0.15) is 12.9 Å². The summed E-state index contributed by atoms with van der Waals surface area (Å²) in [5.41, 5.74) is 6.29. The quantitative estimate of drug-likeness (QED) is 0.704. The molecule has 3 N–H and O–H groups in total. The van der Waals surface area contributed by atoms with Gasteiger partial charge in [-0.3, -0.25) is 9.48 Å². The zero-order valence-corrected chi connectivity index (χ0v) is 10.1. The molecule has 2 rings (SSSR count). The first-order chi connectivity index (χ1) is 8.63. The van der Waals surface area contributed by atoms with E-state index in [0.717, 1.165) is 5.69 Å². The van der Waals surface area contributed by atoms with E-state index in [0.29, 0.717) is 13.0 Å². The van der Waals surface area contributed by atoms with Crippen molar-refractivity contribution >= 4 is 11.9 Å². The van der Waals surface area contributed by atoms with E-state index >= 15 is 0 Å². The molecule has 1 amide bonds. The predicted octanol–water partition coefficient (Wildman–Crippen LogP) is -1.05. The van der Waals surface area contributed by atoms with E-state index in [-0.39, 0.29) is 18.4 Å². The molecule has 0 spiro atoms. The molecule has 2 aromatic heterocycles. The van der Waals surface area contributed by atoms with Crippen LogP contribution < -0.4 is 11.1 Å². The van der Waals surface area contributed by atoms with Crippen LogP contribution >= 0.6 is 0 Å². The number of nitrogens with two attached hydrogens (primary N) is 1. The Bertz CT molecular complexity index is 530. The van der Waals surface area contributed by atoms with E-state index in [4.69, 9.17) is 5.73 Å². The van der Waals surface area contributed by atoms with Gasteiger partial charge in [-0.15, -0.1) is 5.10 Å². The minimum atomic E-state index is -0.129. The molecule has 0 aromatic carbocycles. The summed E-state index contributed by atoms with van der Waals surface area (Å²) in [6, 6.07) is 1.92. The minimum Gasteiger partial charge on any atom is -0.367 e. The molecule has 8 heteroatoms. The number of carbonyl (C=O) groups excluding carboxylic acids is 1. The van der Waals surface area contributed by atoms with Gasteiger partial charge in [-0.1, -0.05) is 0 Å². The van der Waals surface area contributed by atoms with E-state index in [1.807, 2.05) is 19.3 Å². The molecule has 0 unspecified atom stereocenters. The van der Waals surface area contributed by atoms with Crippen molar-refractivity contribution in [1.82, 2.24) is 29.9 Å². The second-order valence-electron chi connectivity index (χ2n) is 3.88. The number of aromatic nitrogens is 5. The second kappa shape index (κ2) is 5.30. The molecule has 8 nitrogen and oxygen atoms in total. The van der Waals surface area contributed by atoms with Gasteiger partial charge in [0.25, 0.3) is 0 Å². The monoisotopic (exact) mass is 249 g/mol. The Morgan fingerprint density at radius 1 is 1.50 bits per heavy atom. The Labute approximate surface area is 104 Å². The summed E-state index contributed by atoms with van der Waals surface area (Å²) in [5, 5.41) is 10.8. The molecule has 0 radical (unpaired) electrons. The SMILES string of the molecule is Cn1ccc(CCNC(=O)Cn2cnc(N)n2)n1. The Kier molecular flexibility index (Phi) is 3.56. The van der Waals surface area contributed by atoms with Gasteiger partial charge in [-0.25, -0.2) is 9.67 Å². The van der Waals surface area contributed by atoms with Gasteiger partial charge in [0.15, 0.2) is 0 Å². The maximum atomic E-state index is 11.6. The summed E-state index contributed by atoms with van der Waals surface area (Å²) in [6.45, 7) is 0.659.